The number of rotatable bonds is 6. The first kappa shape index (κ1) is 24.3. The summed E-state index contributed by atoms with van der Waals surface area (Å²) in [6.07, 6.45) is 3.53. The van der Waals surface area contributed by atoms with E-state index in [2.05, 4.69) is 21.8 Å². The zero-order valence-corrected chi connectivity index (χ0v) is 19.9. The van der Waals surface area contributed by atoms with Gasteiger partial charge in [0.25, 0.3) is 5.56 Å². The number of imidazole rings is 1. The maximum atomic E-state index is 13.7. The number of para-hydroxylation sites is 1. The number of hydrogen-bond donors (Lipinski definition) is 1. The molecule has 1 aromatic carbocycles. The third-order valence-electron chi connectivity index (χ3n) is 5.60. The van der Waals surface area contributed by atoms with Crippen molar-refractivity contribution in [3.8, 4) is 23.3 Å². The Labute approximate surface area is 200 Å². The van der Waals surface area contributed by atoms with Crippen LogP contribution >= 0.6 is 0 Å². The fraction of sp³-hybridized carbons (Fsp3) is 0.440. The highest BCUT2D eigenvalue weighted by Crippen LogP contribution is 2.36. The number of methoxy groups -OCH3 is 1. The molecule has 0 unspecified atom stereocenters. The SMILES string of the molecule is CC.COc1c(F)cccc1OC(=O)CCC#Cc1nc2c([nH]1)c(=O)n(C1CC1)c(=O)n2C1CC1. The Morgan fingerprint density at radius 3 is 2.51 bits per heavy atom. The predicted molar refractivity (Wildman–Crippen MR) is 127 cm³/mol. The van der Waals surface area contributed by atoms with E-state index in [-0.39, 0.29) is 59.0 Å². The second-order valence-electron chi connectivity index (χ2n) is 8.12. The van der Waals surface area contributed by atoms with Crippen LogP contribution in [0, 0.1) is 17.7 Å². The van der Waals surface area contributed by atoms with Crippen molar-refractivity contribution in [2.24, 2.45) is 0 Å². The van der Waals surface area contributed by atoms with Crippen molar-refractivity contribution < 1.29 is 18.7 Å². The molecule has 5 rings (SSSR count). The molecule has 2 aliphatic carbocycles. The Kier molecular flexibility index (Phi) is 7.05. The van der Waals surface area contributed by atoms with Crippen LogP contribution in [0.1, 0.15) is 70.3 Å². The Morgan fingerprint density at radius 2 is 1.86 bits per heavy atom. The molecule has 9 nitrogen and oxygen atoms in total. The predicted octanol–water partition coefficient (Wildman–Crippen LogP) is 3.47. The van der Waals surface area contributed by atoms with Gasteiger partial charge in [-0.3, -0.25) is 18.7 Å². The topological polar surface area (TPSA) is 108 Å². The molecule has 1 N–H and O–H groups in total. The minimum Gasteiger partial charge on any atom is -0.490 e. The summed E-state index contributed by atoms with van der Waals surface area (Å²) >= 11 is 0. The summed E-state index contributed by atoms with van der Waals surface area (Å²) in [7, 11) is 1.29. The summed E-state index contributed by atoms with van der Waals surface area (Å²) in [5.41, 5.74) is -0.0804. The number of esters is 1. The van der Waals surface area contributed by atoms with Crippen molar-refractivity contribution in [1.82, 2.24) is 19.1 Å². The van der Waals surface area contributed by atoms with Gasteiger partial charge >= 0.3 is 11.7 Å². The standard InChI is InChI=1S/C23H21FN4O5.C2H6/c1-32-20-15(24)5-4-6-16(20)33-18(29)8-3-2-7-17-25-19-21(26-17)27(13-9-10-13)23(31)28(22(19)30)14-11-12-14;1-2/h4-6,13-14H,3,8-12H2,1H3,(H,25,26);1-2H3. The largest absolute Gasteiger partial charge is 0.490 e. The number of carbonyl (C=O) groups is 1. The van der Waals surface area contributed by atoms with Crippen LogP contribution in [0.4, 0.5) is 4.39 Å². The van der Waals surface area contributed by atoms with Crippen molar-refractivity contribution in [2.75, 3.05) is 7.11 Å². The smallest absolute Gasteiger partial charge is 0.333 e. The van der Waals surface area contributed by atoms with Crippen LogP contribution in [0.3, 0.4) is 0 Å². The molecule has 2 aliphatic rings. The van der Waals surface area contributed by atoms with Gasteiger partial charge in [0.15, 0.2) is 34.3 Å². The van der Waals surface area contributed by atoms with Crippen LogP contribution in [0.2, 0.25) is 0 Å². The Balaban J connectivity index is 0.00000141. The third-order valence-corrected chi connectivity index (χ3v) is 5.60. The van der Waals surface area contributed by atoms with Crippen molar-refractivity contribution in [3.05, 3.63) is 50.7 Å². The van der Waals surface area contributed by atoms with E-state index in [0.29, 0.717) is 5.65 Å². The molecule has 10 heteroatoms. The van der Waals surface area contributed by atoms with Gasteiger partial charge in [0.1, 0.15) is 0 Å². The average Bonchev–Trinajstić information content (AvgIpc) is 3.78. The molecule has 0 aliphatic heterocycles. The third kappa shape index (κ3) is 4.99. The first-order valence-electron chi connectivity index (χ1n) is 11.8. The monoisotopic (exact) mass is 482 g/mol. The lowest BCUT2D eigenvalue weighted by Crippen LogP contribution is -2.39. The molecule has 0 bridgehead atoms. The number of hydrogen-bond acceptors (Lipinski definition) is 6. The first-order valence-corrected chi connectivity index (χ1v) is 11.8. The fourth-order valence-corrected chi connectivity index (χ4v) is 3.73. The van der Waals surface area contributed by atoms with Gasteiger partial charge in [0.2, 0.25) is 0 Å². The molecule has 0 spiro atoms. The van der Waals surface area contributed by atoms with Crippen LogP contribution in [0.5, 0.6) is 11.5 Å². The van der Waals surface area contributed by atoms with E-state index in [9.17, 15) is 18.8 Å². The quantitative estimate of drug-likeness (QED) is 0.328. The van der Waals surface area contributed by atoms with Gasteiger partial charge in [-0.2, -0.15) is 0 Å². The second kappa shape index (κ2) is 10.2. The molecule has 2 fully saturated rings. The maximum Gasteiger partial charge on any atom is 0.333 e. The van der Waals surface area contributed by atoms with Gasteiger partial charge in [0.05, 0.1) is 13.5 Å². The van der Waals surface area contributed by atoms with E-state index >= 15 is 0 Å². The molecule has 3 aromatic rings. The molecule has 2 aromatic heterocycles. The Hall–Kier alpha value is -3.87. The van der Waals surface area contributed by atoms with Crippen LogP contribution in [-0.4, -0.2) is 32.2 Å². The lowest BCUT2D eigenvalue weighted by atomic mass is 10.3. The van der Waals surface area contributed by atoms with E-state index in [1.165, 1.54) is 29.9 Å². The summed E-state index contributed by atoms with van der Waals surface area (Å²) in [6.45, 7) is 4.00. The van der Waals surface area contributed by atoms with Gasteiger partial charge in [0, 0.05) is 18.5 Å². The van der Waals surface area contributed by atoms with Crippen LogP contribution in [0.15, 0.2) is 27.8 Å². The zero-order valence-electron chi connectivity index (χ0n) is 19.9. The number of aromatic amines is 1. The minimum absolute atomic E-state index is 0.00210. The Bertz CT molecular complexity index is 1430. The van der Waals surface area contributed by atoms with Gasteiger partial charge in [-0.25, -0.2) is 14.2 Å². The summed E-state index contributed by atoms with van der Waals surface area (Å²) in [6, 6.07) is 4.08. The van der Waals surface area contributed by atoms with Gasteiger partial charge in [-0.1, -0.05) is 25.8 Å². The lowest BCUT2D eigenvalue weighted by molar-refractivity contribution is -0.134. The zero-order chi connectivity index (χ0) is 25.1. The van der Waals surface area contributed by atoms with Crippen molar-refractivity contribution in [2.45, 2.75) is 64.5 Å². The first-order chi connectivity index (χ1) is 17.0. The molecule has 2 saturated carbocycles. The van der Waals surface area contributed by atoms with E-state index < -0.39 is 11.8 Å². The van der Waals surface area contributed by atoms with Gasteiger partial charge in [-0.05, 0) is 43.7 Å². The van der Waals surface area contributed by atoms with Crippen molar-refractivity contribution >= 4 is 17.1 Å². The van der Waals surface area contributed by atoms with E-state index in [1.54, 1.807) is 4.57 Å². The molecule has 0 radical (unpaired) electrons. The highest BCUT2D eigenvalue weighted by molar-refractivity contribution is 5.74. The molecule has 0 saturated heterocycles. The minimum atomic E-state index is -0.627. The normalized spacial score (nSPS) is 14.5. The Morgan fingerprint density at radius 1 is 1.17 bits per heavy atom. The van der Waals surface area contributed by atoms with Crippen LogP contribution < -0.4 is 20.7 Å². The number of aromatic nitrogens is 4. The highest BCUT2D eigenvalue weighted by Gasteiger charge is 2.34. The number of ether oxygens (including phenoxy) is 2. The molecule has 0 amide bonds. The number of carbonyl (C=O) groups excluding carboxylic acids is 1. The summed E-state index contributed by atoms with van der Waals surface area (Å²) in [4.78, 5) is 45.1. The lowest BCUT2D eigenvalue weighted by Gasteiger charge is -2.09. The fourth-order valence-electron chi connectivity index (χ4n) is 3.73. The van der Waals surface area contributed by atoms with E-state index in [1.807, 2.05) is 13.8 Å². The summed E-state index contributed by atoms with van der Waals surface area (Å²) < 4.78 is 26.7. The number of benzene rings is 1. The molecular formula is C25H27FN4O5. The number of fused-ring (bicyclic) bond motifs is 1. The number of H-pyrrole nitrogens is 1. The number of halogens is 1. The molecule has 2 heterocycles. The maximum absolute atomic E-state index is 13.7. The van der Waals surface area contributed by atoms with Gasteiger partial charge in [-0.15, -0.1) is 0 Å². The molecule has 0 atom stereocenters. The molecular weight excluding hydrogens is 455 g/mol. The highest BCUT2D eigenvalue weighted by atomic mass is 19.1. The van der Waals surface area contributed by atoms with Crippen molar-refractivity contribution in [3.63, 3.8) is 0 Å². The molecule has 35 heavy (non-hydrogen) atoms. The van der Waals surface area contributed by atoms with E-state index in [0.717, 1.165) is 25.7 Å². The summed E-state index contributed by atoms with van der Waals surface area (Å²) in [5, 5.41) is 0. The second-order valence-corrected chi connectivity index (χ2v) is 8.12. The van der Waals surface area contributed by atoms with Crippen molar-refractivity contribution in [1.29, 1.82) is 0 Å². The van der Waals surface area contributed by atoms with Gasteiger partial charge < -0.3 is 14.5 Å². The van der Waals surface area contributed by atoms with Crippen LogP contribution in [-0.2, 0) is 4.79 Å². The van der Waals surface area contributed by atoms with Crippen LogP contribution in [0.25, 0.3) is 11.2 Å². The summed E-state index contributed by atoms with van der Waals surface area (Å²) in [5.74, 6) is 4.53. The number of nitrogens with zero attached hydrogens (tertiary/aromatic N) is 3. The van der Waals surface area contributed by atoms with E-state index in [4.69, 9.17) is 9.47 Å². The molecule has 184 valence electrons. The average molecular weight is 483 g/mol. The number of nitrogens with one attached hydrogen (secondary N) is 1.